The lowest BCUT2D eigenvalue weighted by Gasteiger charge is -2.18. The van der Waals surface area contributed by atoms with E-state index in [0.717, 1.165) is 4.90 Å². The van der Waals surface area contributed by atoms with Crippen molar-refractivity contribution in [2.45, 2.75) is 11.8 Å². The van der Waals surface area contributed by atoms with Gasteiger partial charge in [0.15, 0.2) is 0 Å². The van der Waals surface area contributed by atoms with Crippen molar-refractivity contribution in [2.24, 2.45) is 0 Å². The molecule has 0 aliphatic carbocycles. The van der Waals surface area contributed by atoms with E-state index in [9.17, 15) is 0 Å². The average Bonchev–Trinajstić information content (AvgIpc) is 3.05. The molecular formula is C41H26S. The van der Waals surface area contributed by atoms with Crippen LogP contribution in [0, 0.1) is 6.92 Å². The molecule has 0 N–H and O–H groups in total. The fourth-order valence-corrected chi connectivity index (χ4v) is 7.64. The van der Waals surface area contributed by atoms with Gasteiger partial charge in [-0.2, -0.15) is 0 Å². The van der Waals surface area contributed by atoms with Gasteiger partial charge in [0, 0.05) is 4.90 Å². The fourth-order valence-electron chi connectivity index (χ4n) is 7.24. The first-order valence-corrected chi connectivity index (χ1v) is 15.0. The Morgan fingerprint density at radius 2 is 0.905 bits per heavy atom. The van der Waals surface area contributed by atoms with Gasteiger partial charge in [-0.15, -0.1) is 12.6 Å². The highest BCUT2D eigenvalue weighted by atomic mass is 32.1. The number of rotatable bonds is 2. The Kier molecular flexibility index (Phi) is 5.00. The summed E-state index contributed by atoms with van der Waals surface area (Å²) in [5.74, 6) is 0. The maximum Gasteiger partial charge on any atom is 0.0197 e. The van der Waals surface area contributed by atoms with E-state index in [4.69, 9.17) is 12.6 Å². The van der Waals surface area contributed by atoms with Gasteiger partial charge in [0.05, 0.1) is 0 Å². The molecule has 0 spiro atoms. The molecule has 42 heavy (non-hydrogen) atoms. The first-order chi connectivity index (χ1) is 20.7. The molecule has 0 saturated carbocycles. The third-order valence-corrected chi connectivity index (χ3v) is 9.73. The standard InChI is InChI=1S/C41H26S/c1-24-16-17-26(22-37(24)36-21-18-25-8-2-3-9-28(25)41(36)42)27-19-20-31-34-14-6-12-32-29-10-4-5-11-30(29)33-13-7-15-35(38(31)23-27)40(33)39(32)34/h2-23,42H,1H3. The molecule has 9 rings (SSSR count). The molecule has 196 valence electrons. The van der Waals surface area contributed by atoms with Crippen LogP contribution in [0.3, 0.4) is 0 Å². The van der Waals surface area contributed by atoms with E-state index in [0.29, 0.717) is 0 Å². The Labute approximate surface area is 249 Å². The number of hydrogen-bond donors (Lipinski definition) is 1. The van der Waals surface area contributed by atoms with Gasteiger partial charge in [-0.3, -0.25) is 0 Å². The van der Waals surface area contributed by atoms with E-state index in [1.54, 1.807) is 0 Å². The first kappa shape index (κ1) is 23.8. The highest BCUT2D eigenvalue weighted by Crippen LogP contribution is 2.45. The number of thiol groups is 1. The summed E-state index contributed by atoms with van der Waals surface area (Å²) in [5, 5.41) is 15.7. The van der Waals surface area contributed by atoms with Crippen LogP contribution in [0.1, 0.15) is 5.56 Å². The van der Waals surface area contributed by atoms with Gasteiger partial charge >= 0.3 is 0 Å². The van der Waals surface area contributed by atoms with Crippen molar-refractivity contribution in [3.8, 4) is 22.3 Å². The van der Waals surface area contributed by atoms with Crippen LogP contribution in [0.25, 0.3) is 86.9 Å². The van der Waals surface area contributed by atoms with E-state index in [1.807, 2.05) is 0 Å². The molecule has 0 aliphatic heterocycles. The van der Waals surface area contributed by atoms with Crippen LogP contribution < -0.4 is 0 Å². The molecule has 0 unspecified atom stereocenters. The number of fused-ring (bicyclic) bond motifs is 7. The number of aryl methyl sites for hydroxylation is 1. The predicted molar refractivity (Wildman–Crippen MR) is 186 cm³/mol. The van der Waals surface area contributed by atoms with Gasteiger partial charge < -0.3 is 0 Å². The van der Waals surface area contributed by atoms with Crippen molar-refractivity contribution in [3.63, 3.8) is 0 Å². The number of hydrogen-bond acceptors (Lipinski definition) is 1. The molecule has 9 aromatic rings. The molecular weight excluding hydrogens is 525 g/mol. The third kappa shape index (κ3) is 3.26. The van der Waals surface area contributed by atoms with Crippen molar-refractivity contribution in [1.82, 2.24) is 0 Å². The SMILES string of the molecule is Cc1ccc(-c2ccc3c(c2)c2cccc4c5ccccc5c5cccc3c5c42)cc1-c1ccc2ccccc2c1S. The fraction of sp³-hybridized carbons (Fsp3) is 0.0244. The second kappa shape index (κ2) is 8.82. The maximum atomic E-state index is 5.01. The van der Waals surface area contributed by atoms with Crippen molar-refractivity contribution < 1.29 is 0 Å². The largest absolute Gasteiger partial charge is 0.142 e. The van der Waals surface area contributed by atoms with Crippen LogP contribution in [0.4, 0.5) is 0 Å². The minimum atomic E-state index is 1.03. The van der Waals surface area contributed by atoms with Crippen LogP contribution in [0.2, 0.25) is 0 Å². The Bertz CT molecular complexity index is 2540. The van der Waals surface area contributed by atoms with E-state index in [2.05, 4.69) is 140 Å². The summed E-state index contributed by atoms with van der Waals surface area (Å²) >= 11 is 5.01. The van der Waals surface area contributed by atoms with Crippen LogP contribution in [0.5, 0.6) is 0 Å². The van der Waals surface area contributed by atoms with E-state index in [-0.39, 0.29) is 0 Å². The zero-order chi connectivity index (χ0) is 27.9. The second-order valence-corrected chi connectivity index (χ2v) is 11.9. The van der Waals surface area contributed by atoms with E-state index < -0.39 is 0 Å². The molecule has 0 radical (unpaired) electrons. The van der Waals surface area contributed by atoms with Gasteiger partial charge in [-0.25, -0.2) is 0 Å². The molecule has 0 bridgehead atoms. The quantitative estimate of drug-likeness (QED) is 0.123. The van der Waals surface area contributed by atoms with E-state index in [1.165, 1.54) is 92.5 Å². The molecule has 0 saturated heterocycles. The Hall–Kier alpha value is -4.85. The van der Waals surface area contributed by atoms with Crippen LogP contribution >= 0.6 is 12.6 Å². The molecule has 0 atom stereocenters. The summed E-state index contributed by atoms with van der Waals surface area (Å²) in [6, 6.07) is 49.2. The molecule has 1 heteroatoms. The minimum Gasteiger partial charge on any atom is -0.142 e. The van der Waals surface area contributed by atoms with Crippen molar-refractivity contribution in [2.75, 3.05) is 0 Å². The normalized spacial score (nSPS) is 12.0. The zero-order valence-electron chi connectivity index (χ0n) is 23.1. The van der Waals surface area contributed by atoms with Gasteiger partial charge in [0.1, 0.15) is 0 Å². The summed E-state index contributed by atoms with van der Waals surface area (Å²) in [6.45, 7) is 2.19. The molecule has 0 amide bonds. The lowest BCUT2D eigenvalue weighted by atomic mass is 9.85. The van der Waals surface area contributed by atoms with Gasteiger partial charge in [-0.05, 0) is 112 Å². The molecule has 0 fully saturated rings. The van der Waals surface area contributed by atoms with Gasteiger partial charge in [0.2, 0.25) is 0 Å². The van der Waals surface area contributed by atoms with E-state index >= 15 is 0 Å². The van der Waals surface area contributed by atoms with Gasteiger partial charge in [-0.1, -0.05) is 121 Å². The maximum absolute atomic E-state index is 5.01. The summed E-state index contributed by atoms with van der Waals surface area (Å²) in [6.07, 6.45) is 0. The zero-order valence-corrected chi connectivity index (χ0v) is 24.0. The van der Waals surface area contributed by atoms with Crippen LogP contribution in [-0.4, -0.2) is 0 Å². The summed E-state index contributed by atoms with van der Waals surface area (Å²) in [4.78, 5) is 1.03. The topological polar surface area (TPSA) is 0 Å². The lowest BCUT2D eigenvalue weighted by Crippen LogP contribution is -1.91. The Morgan fingerprint density at radius 1 is 0.381 bits per heavy atom. The summed E-state index contributed by atoms with van der Waals surface area (Å²) in [7, 11) is 0. The molecule has 0 nitrogen and oxygen atoms in total. The summed E-state index contributed by atoms with van der Waals surface area (Å²) in [5.41, 5.74) is 6.09. The van der Waals surface area contributed by atoms with Crippen molar-refractivity contribution >= 4 is 77.3 Å². The second-order valence-electron chi connectivity index (χ2n) is 11.5. The predicted octanol–water partition coefficient (Wildman–Crippen LogP) is 12.0. The van der Waals surface area contributed by atoms with Crippen LogP contribution in [0.15, 0.2) is 138 Å². The Morgan fingerprint density at radius 3 is 1.60 bits per heavy atom. The highest BCUT2D eigenvalue weighted by Gasteiger charge is 2.17. The monoisotopic (exact) mass is 550 g/mol. The van der Waals surface area contributed by atoms with Crippen LogP contribution in [-0.2, 0) is 0 Å². The molecule has 0 heterocycles. The Balaban J connectivity index is 1.32. The molecule has 0 aromatic heterocycles. The smallest absolute Gasteiger partial charge is 0.0197 e. The first-order valence-electron chi connectivity index (χ1n) is 14.5. The number of benzene rings is 9. The lowest BCUT2D eigenvalue weighted by molar-refractivity contribution is 1.42. The molecule has 0 aliphatic rings. The van der Waals surface area contributed by atoms with Gasteiger partial charge in [0.25, 0.3) is 0 Å². The van der Waals surface area contributed by atoms with Crippen molar-refractivity contribution in [3.05, 3.63) is 139 Å². The van der Waals surface area contributed by atoms with Crippen molar-refractivity contribution in [1.29, 1.82) is 0 Å². The average molecular weight is 551 g/mol. The summed E-state index contributed by atoms with van der Waals surface area (Å²) < 4.78 is 0. The molecule has 9 aromatic carbocycles. The third-order valence-electron chi connectivity index (χ3n) is 9.25. The minimum absolute atomic E-state index is 1.03. The highest BCUT2D eigenvalue weighted by molar-refractivity contribution is 7.80.